The van der Waals surface area contributed by atoms with Crippen molar-refractivity contribution in [3.8, 4) is 11.8 Å². The summed E-state index contributed by atoms with van der Waals surface area (Å²) in [5.74, 6) is 0.801. The minimum atomic E-state index is -0.0593. The number of nitrogens with one attached hydrogen (secondary N) is 1. The van der Waals surface area contributed by atoms with E-state index in [9.17, 15) is 4.79 Å². The maximum absolute atomic E-state index is 12.2. The second-order valence-corrected chi connectivity index (χ2v) is 7.04. The van der Waals surface area contributed by atoms with E-state index in [1.54, 1.807) is 25.3 Å². The summed E-state index contributed by atoms with van der Waals surface area (Å²) < 4.78 is 5.30. The fourth-order valence-corrected chi connectivity index (χ4v) is 3.43. The van der Waals surface area contributed by atoms with E-state index < -0.39 is 0 Å². The lowest BCUT2D eigenvalue weighted by Gasteiger charge is -2.36. The Morgan fingerprint density at radius 1 is 1.21 bits per heavy atom. The number of methoxy groups -OCH3 is 1. The third kappa shape index (κ3) is 5.16. The van der Waals surface area contributed by atoms with Gasteiger partial charge in [0.25, 0.3) is 0 Å². The fourth-order valence-electron chi connectivity index (χ4n) is 3.20. The highest BCUT2D eigenvalue weighted by Crippen LogP contribution is 2.22. The van der Waals surface area contributed by atoms with E-state index in [0.717, 1.165) is 37.6 Å². The molecule has 1 amide bonds. The first kappa shape index (κ1) is 20.0. The number of hydrogen-bond acceptors (Lipinski definition) is 5. The number of carbonyl (C=O) groups is 1. The van der Waals surface area contributed by atoms with Gasteiger partial charge in [-0.3, -0.25) is 9.69 Å². The minimum Gasteiger partial charge on any atom is -0.497 e. The van der Waals surface area contributed by atoms with Gasteiger partial charge in [0.15, 0.2) is 0 Å². The number of ether oxygens (including phenoxy) is 1. The van der Waals surface area contributed by atoms with E-state index in [0.29, 0.717) is 29.2 Å². The van der Waals surface area contributed by atoms with Gasteiger partial charge in [-0.2, -0.15) is 5.26 Å². The van der Waals surface area contributed by atoms with Crippen LogP contribution in [0.25, 0.3) is 0 Å². The lowest BCUT2D eigenvalue weighted by atomic mass is 10.2. The normalized spacial score (nSPS) is 14.4. The number of benzene rings is 2. The van der Waals surface area contributed by atoms with Crippen molar-refractivity contribution in [3.05, 3.63) is 53.1 Å². The molecule has 1 aliphatic rings. The van der Waals surface area contributed by atoms with E-state index >= 15 is 0 Å². The van der Waals surface area contributed by atoms with Crippen LogP contribution in [-0.2, 0) is 4.79 Å². The monoisotopic (exact) mass is 398 g/mol. The Kier molecular flexibility index (Phi) is 6.75. The summed E-state index contributed by atoms with van der Waals surface area (Å²) in [5, 5.41) is 12.1. The first-order chi connectivity index (χ1) is 13.6. The fraction of sp³-hybridized carbons (Fsp3) is 0.333. The molecule has 0 unspecified atom stereocenters. The summed E-state index contributed by atoms with van der Waals surface area (Å²) in [6.07, 6.45) is 0.413. The molecule has 0 atom stereocenters. The molecule has 0 aromatic heterocycles. The van der Waals surface area contributed by atoms with Crippen LogP contribution in [0.4, 0.5) is 11.4 Å². The number of halogens is 1. The average Bonchev–Trinajstić information content (AvgIpc) is 2.73. The number of piperazine rings is 1. The predicted octanol–water partition coefficient (Wildman–Crippen LogP) is 3.37. The van der Waals surface area contributed by atoms with Crippen molar-refractivity contribution in [2.24, 2.45) is 0 Å². The molecule has 1 saturated heterocycles. The molecule has 0 aliphatic carbocycles. The number of amides is 1. The molecule has 0 spiro atoms. The molecular formula is C21H23ClN4O2. The standard InChI is InChI=1S/C21H23ClN4O2/c1-28-19-4-2-3-18(14-19)26-11-9-25(10-12-26)8-7-21(27)24-17-6-5-16(15-23)20(22)13-17/h2-6,13-14H,7-12H2,1H3,(H,24,27). The lowest BCUT2D eigenvalue weighted by Crippen LogP contribution is -2.47. The largest absolute Gasteiger partial charge is 0.497 e. The molecule has 146 valence electrons. The molecule has 0 bridgehead atoms. The van der Waals surface area contributed by atoms with Crippen LogP contribution < -0.4 is 15.0 Å². The van der Waals surface area contributed by atoms with Gasteiger partial charge in [-0.05, 0) is 30.3 Å². The molecule has 0 radical (unpaired) electrons. The SMILES string of the molecule is COc1cccc(N2CCN(CCC(=O)Nc3ccc(C#N)c(Cl)c3)CC2)c1. The highest BCUT2D eigenvalue weighted by Gasteiger charge is 2.18. The van der Waals surface area contributed by atoms with Crippen molar-refractivity contribution >= 4 is 28.9 Å². The summed E-state index contributed by atoms with van der Waals surface area (Å²) >= 11 is 6.00. The maximum atomic E-state index is 12.2. The molecule has 3 rings (SSSR count). The van der Waals surface area contributed by atoms with Crippen LogP contribution in [0.1, 0.15) is 12.0 Å². The second kappa shape index (κ2) is 9.45. The van der Waals surface area contributed by atoms with Crippen molar-refractivity contribution in [1.29, 1.82) is 5.26 Å². The van der Waals surface area contributed by atoms with Crippen molar-refractivity contribution in [3.63, 3.8) is 0 Å². The second-order valence-electron chi connectivity index (χ2n) is 6.63. The van der Waals surface area contributed by atoms with Gasteiger partial charge in [-0.25, -0.2) is 0 Å². The first-order valence-electron chi connectivity index (χ1n) is 9.20. The highest BCUT2D eigenvalue weighted by atomic mass is 35.5. The van der Waals surface area contributed by atoms with E-state index in [1.807, 2.05) is 24.3 Å². The zero-order valence-electron chi connectivity index (χ0n) is 15.8. The van der Waals surface area contributed by atoms with Crippen LogP contribution in [0.2, 0.25) is 5.02 Å². The summed E-state index contributed by atoms with van der Waals surface area (Å²) in [6.45, 7) is 4.36. The first-order valence-corrected chi connectivity index (χ1v) is 9.57. The summed E-state index contributed by atoms with van der Waals surface area (Å²) in [4.78, 5) is 16.8. The molecule has 2 aromatic carbocycles. The van der Waals surface area contributed by atoms with Crippen LogP contribution in [0, 0.1) is 11.3 Å². The van der Waals surface area contributed by atoms with Crippen LogP contribution in [0.15, 0.2) is 42.5 Å². The van der Waals surface area contributed by atoms with Crippen LogP contribution in [0.5, 0.6) is 5.75 Å². The van der Waals surface area contributed by atoms with Crippen molar-refractivity contribution < 1.29 is 9.53 Å². The molecule has 6 nitrogen and oxygen atoms in total. The Morgan fingerprint density at radius 2 is 2.00 bits per heavy atom. The van der Waals surface area contributed by atoms with E-state index in [-0.39, 0.29) is 5.91 Å². The molecule has 1 aliphatic heterocycles. The summed E-state index contributed by atoms with van der Waals surface area (Å²) in [6, 6.07) is 15.0. The quantitative estimate of drug-likeness (QED) is 0.807. The van der Waals surface area contributed by atoms with Gasteiger partial charge in [0, 0.05) is 56.6 Å². The third-order valence-electron chi connectivity index (χ3n) is 4.82. The Hall–Kier alpha value is -2.75. The average molecular weight is 399 g/mol. The topological polar surface area (TPSA) is 68.6 Å². The van der Waals surface area contributed by atoms with Crippen LogP contribution >= 0.6 is 11.6 Å². The number of hydrogen-bond donors (Lipinski definition) is 1. The van der Waals surface area contributed by atoms with Gasteiger partial charge >= 0.3 is 0 Å². The zero-order chi connectivity index (χ0) is 19.9. The number of nitriles is 1. The Morgan fingerprint density at radius 3 is 2.68 bits per heavy atom. The Bertz CT molecular complexity index is 873. The molecule has 28 heavy (non-hydrogen) atoms. The Balaban J connectivity index is 1.44. The molecule has 1 heterocycles. The molecule has 2 aromatic rings. The van der Waals surface area contributed by atoms with Gasteiger partial charge in [-0.1, -0.05) is 17.7 Å². The maximum Gasteiger partial charge on any atom is 0.225 e. The van der Waals surface area contributed by atoms with E-state index in [1.165, 1.54) is 0 Å². The van der Waals surface area contributed by atoms with Gasteiger partial charge in [-0.15, -0.1) is 0 Å². The smallest absolute Gasteiger partial charge is 0.225 e. The van der Waals surface area contributed by atoms with Crippen LogP contribution in [0.3, 0.4) is 0 Å². The van der Waals surface area contributed by atoms with Gasteiger partial charge in [0.2, 0.25) is 5.91 Å². The third-order valence-corrected chi connectivity index (χ3v) is 5.13. The zero-order valence-corrected chi connectivity index (χ0v) is 16.6. The molecule has 1 fully saturated rings. The number of rotatable bonds is 6. The lowest BCUT2D eigenvalue weighted by molar-refractivity contribution is -0.116. The predicted molar refractivity (Wildman–Crippen MR) is 111 cm³/mol. The summed E-state index contributed by atoms with van der Waals surface area (Å²) in [5.41, 5.74) is 2.17. The number of carbonyl (C=O) groups excluding carboxylic acids is 1. The van der Waals surface area contributed by atoms with Gasteiger partial charge in [0.1, 0.15) is 11.8 Å². The van der Waals surface area contributed by atoms with Crippen molar-refractivity contribution in [1.82, 2.24) is 4.90 Å². The molecule has 0 saturated carbocycles. The van der Waals surface area contributed by atoms with Crippen LogP contribution in [-0.4, -0.2) is 50.6 Å². The Labute approximate surface area is 170 Å². The van der Waals surface area contributed by atoms with Gasteiger partial charge in [0.05, 0.1) is 17.7 Å². The van der Waals surface area contributed by atoms with Crippen molar-refractivity contribution in [2.45, 2.75) is 6.42 Å². The minimum absolute atomic E-state index is 0.0593. The molecular weight excluding hydrogens is 376 g/mol. The van der Waals surface area contributed by atoms with Crippen molar-refractivity contribution in [2.75, 3.05) is 50.1 Å². The molecule has 7 heteroatoms. The summed E-state index contributed by atoms with van der Waals surface area (Å²) in [7, 11) is 1.67. The number of nitrogens with zero attached hydrogens (tertiary/aromatic N) is 3. The van der Waals surface area contributed by atoms with Gasteiger partial charge < -0.3 is 15.0 Å². The highest BCUT2D eigenvalue weighted by molar-refractivity contribution is 6.32. The number of anilines is 2. The van der Waals surface area contributed by atoms with E-state index in [4.69, 9.17) is 21.6 Å². The van der Waals surface area contributed by atoms with E-state index in [2.05, 4.69) is 21.2 Å². The molecule has 1 N–H and O–H groups in total.